The number of hydrogen-bond acceptors (Lipinski definition) is 3. The number of nitrogen functional groups attached to an aromatic ring is 2. The van der Waals surface area contributed by atoms with Gasteiger partial charge in [0.25, 0.3) is 0 Å². The van der Waals surface area contributed by atoms with Crippen LogP contribution in [0.25, 0.3) is 11.1 Å². The van der Waals surface area contributed by atoms with Gasteiger partial charge in [0, 0.05) is 5.56 Å². The monoisotopic (exact) mass is 200 g/mol. The molecule has 0 radical (unpaired) electrons. The lowest BCUT2D eigenvalue weighted by atomic mass is 10.0. The molecule has 3 heteroatoms. The molecule has 0 saturated heterocycles. The molecule has 0 aliphatic heterocycles. The molecule has 0 saturated carbocycles. The van der Waals surface area contributed by atoms with E-state index in [1.54, 1.807) is 12.1 Å². The minimum absolute atomic E-state index is 0.0205. The van der Waals surface area contributed by atoms with E-state index in [-0.39, 0.29) is 11.4 Å². The maximum Gasteiger partial charge on any atom is 0.140 e. The van der Waals surface area contributed by atoms with E-state index in [9.17, 15) is 5.11 Å². The van der Waals surface area contributed by atoms with Gasteiger partial charge in [0.1, 0.15) is 5.75 Å². The molecule has 3 nitrogen and oxygen atoms in total. The average Bonchev–Trinajstić information content (AvgIpc) is 2.27. The summed E-state index contributed by atoms with van der Waals surface area (Å²) < 4.78 is 0. The van der Waals surface area contributed by atoms with Crippen LogP contribution in [0.1, 0.15) is 0 Å². The maximum absolute atomic E-state index is 9.37. The number of phenolic OH excluding ortho intramolecular Hbond substituents is 1. The minimum atomic E-state index is 0.0205. The zero-order valence-corrected chi connectivity index (χ0v) is 8.14. The van der Waals surface area contributed by atoms with Gasteiger partial charge in [0.15, 0.2) is 0 Å². The Labute approximate surface area is 88.0 Å². The van der Waals surface area contributed by atoms with Crippen LogP contribution in [0.5, 0.6) is 5.75 Å². The number of anilines is 2. The quantitative estimate of drug-likeness (QED) is 0.488. The molecule has 0 aliphatic carbocycles. The van der Waals surface area contributed by atoms with Gasteiger partial charge in [-0.1, -0.05) is 30.3 Å². The summed E-state index contributed by atoms with van der Waals surface area (Å²) in [6.45, 7) is 0. The molecule has 0 atom stereocenters. The van der Waals surface area contributed by atoms with Gasteiger partial charge < -0.3 is 16.6 Å². The fourth-order valence-electron chi connectivity index (χ4n) is 1.49. The Balaban J connectivity index is 2.60. The zero-order valence-electron chi connectivity index (χ0n) is 8.14. The van der Waals surface area contributed by atoms with E-state index in [1.807, 2.05) is 30.3 Å². The number of rotatable bonds is 1. The second-order valence-corrected chi connectivity index (χ2v) is 3.33. The lowest BCUT2D eigenvalue weighted by molar-refractivity contribution is 0.478. The highest BCUT2D eigenvalue weighted by atomic mass is 16.3. The Morgan fingerprint density at radius 2 is 1.47 bits per heavy atom. The summed E-state index contributed by atoms with van der Waals surface area (Å²) in [5.74, 6) is 0.0205. The van der Waals surface area contributed by atoms with Crippen molar-refractivity contribution in [1.29, 1.82) is 0 Å². The molecule has 0 aromatic heterocycles. The number of hydrogen-bond donors (Lipinski definition) is 3. The van der Waals surface area contributed by atoms with Crippen LogP contribution in [-0.4, -0.2) is 5.11 Å². The SMILES string of the molecule is Nc1c(O)ccc(-c2ccccc2)c1N. The highest BCUT2D eigenvalue weighted by Gasteiger charge is 2.08. The Hall–Kier alpha value is -2.16. The van der Waals surface area contributed by atoms with E-state index in [1.165, 1.54) is 0 Å². The normalized spacial score (nSPS) is 10.1. The van der Waals surface area contributed by atoms with Crippen LogP contribution in [0.2, 0.25) is 0 Å². The Morgan fingerprint density at radius 1 is 0.800 bits per heavy atom. The summed E-state index contributed by atoms with van der Waals surface area (Å²) in [5, 5.41) is 9.37. The smallest absolute Gasteiger partial charge is 0.140 e. The summed E-state index contributed by atoms with van der Waals surface area (Å²) >= 11 is 0. The predicted octanol–water partition coefficient (Wildman–Crippen LogP) is 2.22. The van der Waals surface area contributed by atoms with Gasteiger partial charge in [-0.05, 0) is 17.7 Å². The Kier molecular flexibility index (Phi) is 2.21. The summed E-state index contributed by atoms with van der Waals surface area (Å²) in [6, 6.07) is 13.0. The molecule has 2 aromatic rings. The van der Waals surface area contributed by atoms with E-state index in [0.29, 0.717) is 5.69 Å². The average molecular weight is 200 g/mol. The predicted molar refractivity (Wildman–Crippen MR) is 62.4 cm³/mol. The third kappa shape index (κ3) is 1.59. The molecular formula is C12H12N2O. The van der Waals surface area contributed by atoms with Crippen LogP contribution in [0.3, 0.4) is 0 Å². The highest BCUT2D eigenvalue weighted by Crippen LogP contribution is 2.35. The first kappa shape index (κ1) is 9.40. The number of nitrogens with two attached hydrogens (primary N) is 2. The second kappa shape index (κ2) is 3.53. The molecule has 5 N–H and O–H groups in total. The van der Waals surface area contributed by atoms with Gasteiger partial charge in [-0.25, -0.2) is 0 Å². The molecule has 15 heavy (non-hydrogen) atoms. The molecule has 0 heterocycles. The van der Waals surface area contributed by atoms with E-state index in [0.717, 1.165) is 11.1 Å². The minimum Gasteiger partial charge on any atom is -0.506 e. The fraction of sp³-hybridized carbons (Fsp3) is 0. The molecule has 0 spiro atoms. The summed E-state index contributed by atoms with van der Waals surface area (Å²) in [5.41, 5.74) is 14.0. The molecule has 2 rings (SSSR count). The first-order valence-electron chi connectivity index (χ1n) is 4.62. The molecule has 0 bridgehead atoms. The van der Waals surface area contributed by atoms with Crippen molar-refractivity contribution >= 4 is 11.4 Å². The highest BCUT2D eigenvalue weighted by molar-refractivity contribution is 5.87. The van der Waals surface area contributed by atoms with Crippen LogP contribution in [0, 0.1) is 0 Å². The van der Waals surface area contributed by atoms with Gasteiger partial charge in [-0.2, -0.15) is 0 Å². The molecule has 0 fully saturated rings. The molecule has 0 amide bonds. The third-order valence-corrected chi connectivity index (χ3v) is 2.35. The van der Waals surface area contributed by atoms with Crippen molar-refractivity contribution in [3.05, 3.63) is 42.5 Å². The van der Waals surface area contributed by atoms with Gasteiger partial charge >= 0.3 is 0 Å². The van der Waals surface area contributed by atoms with E-state index in [2.05, 4.69) is 0 Å². The first-order chi connectivity index (χ1) is 7.20. The first-order valence-corrected chi connectivity index (χ1v) is 4.62. The molecular weight excluding hydrogens is 188 g/mol. The van der Waals surface area contributed by atoms with Gasteiger partial charge in [-0.3, -0.25) is 0 Å². The van der Waals surface area contributed by atoms with Crippen molar-refractivity contribution in [3.63, 3.8) is 0 Å². The van der Waals surface area contributed by atoms with Crippen molar-refractivity contribution < 1.29 is 5.11 Å². The summed E-state index contributed by atoms with van der Waals surface area (Å²) in [4.78, 5) is 0. The molecule has 76 valence electrons. The third-order valence-electron chi connectivity index (χ3n) is 2.35. The molecule has 0 unspecified atom stereocenters. The zero-order chi connectivity index (χ0) is 10.8. The van der Waals surface area contributed by atoms with Gasteiger partial charge in [-0.15, -0.1) is 0 Å². The molecule has 2 aromatic carbocycles. The fourth-order valence-corrected chi connectivity index (χ4v) is 1.49. The van der Waals surface area contributed by atoms with E-state index in [4.69, 9.17) is 11.5 Å². The van der Waals surface area contributed by atoms with Crippen molar-refractivity contribution in [3.8, 4) is 16.9 Å². The number of benzene rings is 2. The Morgan fingerprint density at radius 3 is 2.13 bits per heavy atom. The van der Waals surface area contributed by atoms with Crippen molar-refractivity contribution in [1.82, 2.24) is 0 Å². The van der Waals surface area contributed by atoms with Crippen LogP contribution in [-0.2, 0) is 0 Å². The second-order valence-electron chi connectivity index (χ2n) is 3.33. The van der Waals surface area contributed by atoms with Crippen LogP contribution >= 0.6 is 0 Å². The largest absolute Gasteiger partial charge is 0.506 e. The standard InChI is InChI=1S/C12H12N2O/c13-11-9(6-7-10(15)12(11)14)8-4-2-1-3-5-8/h1-7,15H,13-14H2. The summed E-state index contributed by atoms with van der Waals surface area (Å²) in [6.07, 6.45) is 0. The lowest BCUT2D eigenvalue weighted by Crippen LogP contribution is -1.97. The van der Waals surface area contributed by atoms with Crippen molar-refractivity contribution in [2.75, 3.05) is 11.5 Å². The van der Waals surface area contributed by atoms with Crippen molar-refractivity contribution in [2.45, 2.75) is 0 Å². The topological polar surface area (TPSA) is 72.3 Å². The van der Waals surface area contributed by atoms with Crippen LogP contribution in [0.4, 0.5) is 11.4 Å². The van der Waals surface area contributed by atoms with E-state index < -0.39 is 0 Å². The number of phenols is 1. The van der Waals surface area contributed by atoms with Crippen LogP contribution < -0.4 is 11.5 Å². The molecule has 0 aliphatic rings. The van der Waals surface area contributed by atoms with E-state index >= 15 is 0 Å². The van der Waals surface area contributed by atoms with Gasteiger partial charge in [0.2, 0.25) is 0 Å². The lowest BCUT2D eigenvalue weighted by Gasteiger charge is -2.09. The van der Waals surface area contributed by atoms with Crippen molar-refractivity contribution in [2.24, 2.45) is 0 Å². The maximum atomic E-state index is 9.37. The van der Waals surface area contributed by atoms with Crippen LogP contribution in [0.15, 0.2) is 42.5 Å². The number of aromatic hydroxyl groups is 1. The summed E-state index contributed by atoms with van der Waals surface area (Å²) in [7, 11) is 0. The Bertz CT molecular complexity index is 480. The van der Waals surface area contributed by atoms with Gasteiger partial charge in [0.05, 0.1) is 11.4 Å².